The Bertz CT molecular complexity index is 1290. The molecule has 1 atom stereocenters. The van der Waals surface area contributed by atoms with E-state index in [2.05, 4.69) is 49.8 Å². The molecule has 3 aromatic heterocycles. The molecule has 0 aliphatic carbocycles. The molecule has 2 aliphatic heterocycles. The first-order valence-corrected chi connectivity index (χ1v) is 12.4. The molecule has 0 spiro atoms. The zero-order chi connectivity index (χ0) is 21.7. The van der Waals surface area contributed by atoms with Crippen molar-refractivity contribution in [1.82, 2.24) is 25.3 Å². The van der Waals surface area contributed by atoms with Crippen LogP contribution in [0.3, 0.4) is 0 Å². The fourth-order valence-corrected chi connectivity index (χ4v) is 6.55. The molecule has 1 fully saturated rings. The fourth-order valence-electron chi connectivity index (χ4n) is 5.15. The number of aryl methyl sites for hydroxylation is 2. The van der Waals surface area contributed by atoms with E-state index in [4.69, 9.17) is 11.6 Å². The van der Waals surface area contributed by atoms with Crippen LogP contribution < -0.4 is 10.2 Å². The molecule has 2 aliphatic rings. The summed E-state index contributed by atoms with van der Waals surface area (Å²) in [6.07, 6.45) is 8.11. The number of aromatic nitrogens is 4. The van der Waals surface area contributed by atoms with Crippen LogP contribution in [0.2, 0.25) is 5.02 Å². The molecule has 1 N–H and O–H groups in total. The van der Waals surface area contributed by atoms with Gasteiger partial charge in [-0.2, -0.15) is 0 Å². The molecular formula is C24H25ClN6S. The van der Waals surface area contributed by atoms with Gasteiger partial charge in [-0.25, -0.2) is 0 Å². The van der Waals surface area contributed by atoms with E-state index in [9.17, 15) is 0 Å². The van der Waals surface area contributed by atoms with Crippen LogP contribution in [-0.4, -0.2) is 45.7 Å². The maximum Gasteiger partial charge on any atom is 0.0878 e. The van der Waals surface area contributed by atoms with Crippen LogP contribution in [0.1, 0.15) is 29.0 Å². The molecule has 1 aromatic carbocycles. The molecule has 8 heteroatoms. The third-order valence-corrected chi connectivity index (χ3v) is 7.90. The average molecular weight is 465 g/mol. The third kappa shape index (κ3) is 3.58. The Hall–Kier alpha value is -2.48. The Morgan fingerprint density at radius 1 is 1.25 bits per heavy atom. The fraction of sp³-hybridized carbons (Fsp3) is 0.375. The summed E-state index contributed by atoms with van der Waals surface area (Å²) in [5, 5.41) is 12.7. The predicted octanol–water partition coefficient (Wildman–Crippen LogP) is 4.45. The van der Waals surface area contributed by atoms with Crippen molar-refractivity contribution in [2.75, 3.05) is 24.5 Å². The van der Waals surface area contributed by atoms with Crippen LogP contribution in [0.5, 0.6) is 0 Å². The van der Waals surface area contributed by atoms with Gasteiger partial charge in [0.05, 0.1) is 15.9 Å². The van der Waals surface area contributed by atoms with Gasteiger partial charge < -0.3 is 10.2 Å². The van der Waals surface area contributed by atoms with Crippen LogP contribution in [0.25, 0.3) is 21.3 Å². The Balaban J connectivity index is 1.48. The summed E-state index contributed by atoms with van der Waals surface area (Å²) in [4.78, 5) is 8.55. The topological polar surface area (TPSA) is 58.9 Å². The Labute approximate surface area is 196 Å². The number of rotatable bonds is 4. The number of pyridine rings is 1. The second kappa shape index (κ2) is 8.14. The minimum atomic E-state index is 0.543. The second-order valence-corrected chi connectivity index (χ2v) is 10.3. The number of hydrogen-bond acceptors (Lipinski definition) is 6. The number of hydrogen-bond donors (Lipinski definition) is 1. The van der Waals surface area contributed by atoms with Crippen molar-refractivity contribution in [2.45, 2.75) is 31.7 Å². The highest BCUT2D eigenvalue weighted by Gasteiger charge is 2.30. The summed E-state index contributed by atoms with van der Waals surface area (Å²) in [6.45, 7) is 3.24. The van der Waals surface area contributed by atoms with Crippen molar-refractivity contribution in [3.05, 3.63) is 57.8 Å². The maximum atomic E-state index is 6.64. The Morgan fingerprint density at radius 3 is 3.00 bits per heavy atom. The predicted molar refractivity (Wildman–Crippen MR) is 131 cm³/mol. The standard InChI is InChI=1S/C24H25ClN6S/c1-30-14-17(28-29-30)11-19-12-22-24(32-19)20(5-7-27-22)21-10-16(25)9-15-3-2-8-31(23(15)21)18-4-6-26-13-18/h5,7,9-10,12,14,18,26H,2-4,6,8,11,13H2,1H3/t18-/m0/s1. The first kappa shape index (κ1) is 20.1. The Morgan fingerprint density at radius 2 is 2.19 bits per heavy atom. The minimum absolute atomic E-state index is 0.543. The highest BCUT2D eigenvalue weighted by atomic mass is 35.5. The van der Waals surface area contributed by atoms with Gasteiger partial charge >= 0.3 is 0 Å². The lowest BCUT2D eigenvalue weighted by Crippen LogP contribution is -2.40. The summed E-state index contributed by atoms with van der Waals surface area (Å²) in [7, 11) is 1.90. The molecule has 0 saturated carbocycles. The summed E-state index contributed by atoms with van der Waals surface area (Å²) in [5.41, 5.74) is 7.20. The van der Waals surface area contributed by atoms with Crippen LogP contribution in [0.15, 0.2) is 36.7 Å². The van der Waals surface area contributed by atoms with E-state index in [1.807, 2.05) is 19.4 Å². The monoisotopic (exact) mass is 464 g/mol. The molecule has 4 aromatic rings. The van der Waals surface area contributed by atoms with Crippen LogP contribution in [0, 0.1) is 0 Å². The SMILES string of the molecule is Cn1cc(Cc2cc3nccc(-c4cc(Cl)cc5c4N([C@H]4CCNC4)CCC5)c3s2)nn1. The molecule has 0 bridgehead atoms. The number of anilines is 1. The smallest absolute Gasteiger partial charge is 0.0878 e. The number of thiophene rings is 1. The van der Waals surface area contributed by atoms with Gasteiger partial charge in [0.2, 0.25) is 0 Å². The van der Waals surface area contributed by atoms with Crippen molar-refractivity contribution in [1.29, 1.82) is 0 Å². The van der Waals surface area contributed by atoms with Crippen molar-refractivity contribution in [2.24, 2.45) is 7.05 Å². The van der Waals surface area contributed by atoms with Crippen molar-refractivity contribution < 1.29 is 0 Å². The second-order valence-electron chi connectivity index (χ2n) is 8.75. The van der Waals surface area contributed by atoms with Gasteiger partial charge in [0.1, 0.15) is 0 Å². The lowest BCUT2D eigenvalue weighted by atomic mass is 9.92. The number of nitrogens with one attached hydrogen (secondary N) is 1. The first-order valence-electron chi connectivity index (χ1n) is 11.2. The average Bonchev–Trinajstić information content (AvgIpc) is 3.53. The molecule has 6 nitrogen and oxygen atoms in total. The molecule has 0 radical (unpaired) electrons. The number of fused-ring (bicyclic) bond motifs is 2. The molecular weight excluding hydrogens is 440 g/mol. The molecule has 5 heterocycles. The van der Waals surface area contributed by atoms with Crippen molar-refractivity contribution >= 4 is 38.8 Å². The lowest BCUT2D eigenvalue weighted by Gasteiger charge is -2.38. The van der Waals surface area contributed by atoms with E-state index in [0.29, 0.717) is 6.04 Å². The third-order valence-electron chi connectivity index (χ3n) is 6.52. The van der Waals surface area contributed by atoms with Crippen LogP contribution >= 0.6 is 22.9 Å². The molecule has 6 rings (SSSR count). The summed E-state index contributed by atoms with van der Waals surface area (Å²) >= 11 is 8.44. The highest BCUT2D eigenvalue weighted by molar-refractivity contribution is 7.19. The Kier molecular flexibility index (Phi) is 5.12. The summed E-state index contributed by atoms with van der Waals surface area (Å²) < 4.78 is 2.96. The minimum Gasteiger partial charge on any atom is -0.366 e. The van der Waals surface area contributed by atoms with E-state index < -0.39 is 0 Å². The zero-order valence-electron chi connectivity index (χ0n) is 18.0. The van der Waals surface area contributed by atoms with Crippen molar-refractivity contribution in [3.8, 4) is 11.1 Å². The van der Waals surface area contributed by atoms with E-state index in [0.717, 1.165) is 48.7 Å². The van der Waals surface area contributed by atoms with E-state index in [1.54, 1.807) is 16.0 Å². The first-order chi connectivity index (χ1) is 15.7. The van der Waals surface area contributed by atoms with Gasteiger partial charge in [-0.05, 0) is 55.6 Å². The van der Waals surface area contributed by atoms with Gasteiger partial charge in [-0.3, -0.25) is 9.67 Å². The number of nitrogens with zero attached hydrogens (tertiary/aromatic N) is 5. The van der Waals surface area contributed by atoms with Gasteiger partial charge in [-0.1, -0.05) is 16.8 Å². The lowest BCUT2D eigenvalue weighted by molar-refractivity contribution is 0.592. The molecule has 164 valence electrons. The van der Waals surface area contributed by atoms with E-state index in [-0.39, 0.29) is 0 Å². The summed E-state index contributed by atoms with van der Waals surface area (Å²) in [5.74, 6) is 0. The van der Waals surface area contributed by atoms with Gasteiger partial charge in [-0.15, -0.1) is 16.4 Å². The number of benzene rings is 1. The maximum absolute atomic E-state index is 6.64. The van der Waals surface area contributed by atoms with Crippen LogP contribution in [0.4, 0.5) is 5.69 Å². The largest absolute Gasteiger partial charge is 0.366 e. The van der Waals surface area contributed by atoms with Crippen molar-refractivity contribution in [3.63, 3.8) is 0 Å². The van der Waals surface area contributed by atoms with Gasteiger partial charge in [0.15, 0.2) is 0 Å². The highest BCUT2D eigenvalue weighted by Crippen LogP contribution is 2.44. The number of halogens is 1. The zero-order valence-corrected chi connectivity index (χ0v) is 19.6. The van der Waals surface area contributed by atoms with Gasteiger partial charge in [0, 0.05) is 71.7 Å². The summed E-state index contributed by atoms with van der Waals surface area (Å²) in [6, 6.07) is 9.20. The molecule has 32 heavy (non-hydrogen) atoms. The molecule has 0 amide bonds. The normalized spacial score (nSPS) is 18.4. The van der Waals surface area contributed by atoms with Crippen LogP contribution in [-0.2, 0) is 19.9 Å². The molecule has 0 unspecified atom stereocenters. The quantitative estimate of drug-likeness (QED) is 0.483. The van der Waals surface area contributed by atoms with Gasteiger partial charge in [0.25, 0.3) is 0 Å². The van der Waals surface area contributed by atoms with E-state index >= 15 is 0 Å². The molecule has 1 saturated heterocycles. The van der Waals surface area contributed by atoms with E-state index in [1.165, 1.54) is 44.8 Å².